The number of nitriles is 1. The first kappa shape index (κ1) is 9.21. The van der Waals surface area contributed by atoms with Crippen molar-refractivity contribution in [1.29, 1.82) is 5.26 Å². The van der Waals surface area contributed by atoms with E-state index in [-0.39, 0.29) is 0 Å². The highest BCUT2D eigenvalue weighted by molar-refractivity contribution is 5.39. The number of fused-ring (bicyclic) bond motifs is 1. The molecule has 0 saturated heterocycles. The Morgan fingerprint density at radius 2 is 2.21 bits per heavy atom. The molecule has 0 fully saturated rings. The molecule has 0 atom stereocenters. The van der Waals surface area contributed by atoms with Crippen molar-refractivity contribution in [2.75, 3.05) is 0 Å². The molecule has 1 heterocycles. The number of aryl methyl sites for hydroxylation is 3. The van der Waals surface area contributed by atoms with Gasteiger partial charge < -0.3 is 0 Å². The van der Waals surface area contributed by atoms with Crippen molar-refractivity contribution >= 4 is 0 Å². The topological polar surface area (TPSA) is 36.7 Å². The summed E-state index contributed by atoms with van der Waals surface area (Å²) in [5.74, 6) is 0. The minimum absolute atomic E-state index is 0.771. The Balaban J connectivity index is 2.50. The van der Waals surface area contributed by atoms with Gasteiger partial charge in [0.25, 0.3) is 0 Å². The number of nitrogens with zero attached hydrogens (tertiary/aromatic N) is 2. The maximum atomic E-state index is 8.96. The fraction of sp³-hybridized carbons (Fsp3) is 0.500. The zero-order valence-corrected chi connectivity index (χ0v) is 8.51. The summed E-state index contributed by atoms with van der Waals surface area (Å²) in [5, 5.41) is 8.96. The Labute approximate surface area is 84.6 Å². The van der Waals surface area contributed by atoms with Crippen LogP contribution < -0.4 is 0 Å². The minimum Gasteiger partial charge on any atom is -0.256 e. The van der Waals surface area contributed by atoms with Gasteiger partial charge in [-0.25, -0.2) is 0 Å². The van der Waals surface area contributed by atoms with Crippen LogP contribution in [-0.4, -0.2) is 4.98 Å². The molecule has 0 amide bonds. The average Bonchev–Trinajstić information content (AvgIpc) is 2.27. The second-order valence-electron chi connectivity index (χ2n) is 3.76. The fourth-order valence-corrected chi connectivity index (χ4v) is 2.04. The van der Waals surface area contributed by atoms with Crippen LogP contribution in [0, 0.1) is 11.3 Å². The molecule has 2 heteroatoms. The molecule has 0 unspecified atom stereocenters. The molecule has 2 rings (SSSR count). The molecule has 0 aliphatic heterocycles. The number of hydrogen-bond donors (Lipinski definition) is 0. The van der Waals surface area contributed by atoms with Gasteiger partial charge in [-0.3, -0.25) is 4.98 Å². The van der Waals surface area contributed by atoms with Crippen LogP contribution in [0.2, 0.25) is 0 Å². The number of rotatable bonds is 1. The number of aromatic nitrogens is 1. The van der Waals surface area contributed by atoms with Crippen molar-refractivity contribution in [1.82, 2.24) is 4.98 Å². The third kappa shape index (κ3) is 1.50. The van der Waals surface area contributed by atoms with Crippen LogP contribution in [-0.2, 0) is 19.3 Å². The van der Waals surface area contributed by atoms with Gasteiger partial charge >= 0.3 is 0 Å². The maximum Gasteiger partial charge on any atom is 0.101 e. The van der Waals surface area contributed by atoms with Gasteiger partial charge in [0.2, 0.25) is 0 Å². The molecule has 0 bridgehead atoms. The highest BCUT2D eigenvalue weighted by Gasteiger charge is 2.13. The van der Waals surface area contributed by atoms with Gasteiger partial charge in [0.15, 0.2) is 0 Å². The van der Waals surface area contributed by atoms with E-state index in [0.29, 0.717) is 0 Å². The van der Waals surface area contributed by atoms with Crippen molar-refractivity contribution in [2.45, 2.75) is 39.0 Å². The Hall–Kier alpha value is -1.36. The van der Waals surface area contributed by atoms with E-state index in [4.69, 9.17) is 5.26 Å². The van der Waals surface area contributed by atoms with Crippen LogP contribution in [0.15, 0.2) is 6.07 Å². The van der Waals surface area contributed by atoms with Crippen molar-refractivity contribution in [3.63, 3.8) is 0 Å². The highest BCUT2D eigenvalue weighted by Crippen LogP contribution is 2.22. The lowest BCUT2D eigenvalue weighted by Gasteiger charge is -2.16. The largest absolute Gasteiger partial charge is 0.256 e. The molecule has 1 aromatic heterocycles. The second-order valence-corrected chi connectivity index (χ2v) is 3.76. The zero-order chi connectivity index (χ0) is 9.97. The molecular formula is C12H14N2. The molecule has 1 aliphatic carbocycles. The smallest absolute Gasteiger partial charge is 0.101 e. The summed E-state index contributed by atoms with van der Waals surface area (Å²) < 4.78 is 0. The van der Waals surface area contributed by atoms with E-state index in [1.807, 2.05) is 6.07 Å². The molecule has 0 saturated carbocycles. The molecule has 14 heavy (non-hydrogen) atoms. The van der Waals surface area contributed by atoms with Crippen molar-refractivity contribution in [2.24, 2.45) is 0 Å². The SMILES string of the molecule is CCc1nc2c(cc1C#N)CCCC2. The summed E-state index contributed by atoms with van der Waals surface area (Å²) in [7, 11) is 0. The van der Waals surface area contributed by atoms with E-state index < -0.39 is 0 Å². The number of pyridine rings is 1. The zero-order valence-electron chi connectivity index (χ0n) is 8.51. The normalized spacial score (nSPS) is 14.6. The van der Waals surface area contributed by atoms with E-state index in [0.717, 1.165) is 30.5 Å². The monoisotopic (exact) mass is 186 g/mol. The first-order chi connectivity index (χ1) is 6.85. The second kappa shape index (κ2) is 3.79. The van der Waals surface area contributed by atoms with Gasteiger partial charge in [-0.15, -0.1) is 0 Å². The van der Waals surface area contributed by atoms with Gasteiger partial charge in [0.05, 0.1) is 11.3 Å². The van der Waals surface area contributed by atoms with Crippen LogP contribution in [0.5, 0.6) is 0 Å². The van der Waals surface area contributed by atoms with Crippen LogP contribution in [0.25, 0.3) is 0 Å². The molecule has 0 aromatic carbocycles. The van der Waals surface area contributed by atoms with Crippen LogP contribution in [0.4, 0.5) is 0 Å². The molecule has 0 spiro atoms. The molecule has 0 radical (unpaired) electrons. The van der Waals surface area contributed by atoms with Gasteiger partial charge in [0, 0.05) is 5.69 Å². The van der Waals surface area contributed by atoms with E-state index in [9.17, 15) is 0 Å². The minimum atomic E-state index is 0.771. The summed E-state index contributed by atoms with van der Waals surface area (Å²) in [6.07, 6.45) is 5.53. The van der Waals surface area contributed by atoms with E-state index in [1.165, 1.54) is 24.1 Å². The average molecular weight is 186 g/mol. The summed E-state index contributed by atoms with van der Waals surface area (Å²) in [4.78, 5) is 4.58. The van der Waals surface area contributed by atoms with Crippen LogP contribution in [0.1, 0.15) is 42.3 Å². The van der Waals surface area contributed by atoms with Gasteiger partial charge in [-0.2, -0.15) is 5.26 Å². The third-order valence-corrected chi connectivity index (χ3v) is 2.84. The summed E-state index contributed by atoms with van der Waals surface area (Å²) in [6.45, 7) is 2.05. The standard InChI is InChI=1S/C12H14N2/c1-2-11-10(8-13)7-9-5-3-4-6-12(9)14-11/h7H,2-6H2,1H3. The number of hydrogen-bond acceptors (Lipinski definition) is 2. The fourth-order valence-electron chi connectivity index (χ4n) is 2.04. The summed E-state index contributed by atoms with van der Waals surface area (Å²) >= 11 is 0. The Kier molecular flexibility index (Phi) is 2.49. The quantitative estimate of drug-likeness (QED) is 0.675. The summed E-state index contributed by atoms with van der Waals surface area (Å²) in [6, 6.07) is 4.28. The van der Waals surface area contributed by atoms with Gasteiger partial charge in [-0.1, -0.05) is 6.92 Å². The predicted molar refractivity (Wildman–Crippen MR) is 55.0 cm³/mol. The Morgan fingerprint density at radius 3 is 2.93 bits per heavy atom. The first-order valence-corrected chi connectivity index (χ1v) is 5.27. The van der Waals surface area contributed by atoms with Crippen LogP contribution >= 0.6 is 0 Å². The Morgan fingerprint density at radius 1 is 1.43 bits per heavy atom. The Bertz CT molecular complexity index is 388. The first-order valence-electron chi connectivity index (χ1n) is 5.27. The van der Waals surface area contributed by atoms with Crippen LogP contribution in [0.3, 0.4) is 0 Å². The van der Waals surface area contributed by atoms with Gasteiger partial charge in [0.1, 0.15) is 6.07 Å². The van der Waals surface area contributed by atoms with Crippen molar-refractivity contribution in [3.8, 4) is 6.07 Å². The van der Waals surface area contributed by atoms with E-state index >= 15 is 0 Å². The predicted octanol–water partition coefficient (Wildman–Crippen LogP) is 2.39. The molecule has 1 aliphatic rings. The van der Waals surface area contributed by atoms with Crippen molar-refractivity contribution in [3.05, 3.63) is 28.6 Å². The lowest BCUT2D eigenvalue weighted by atomic mass is 9.94. The highest BCUT2D eigenvalue weighted by atomic mass is 14.7. The van der Waals surface area contributed by atoms with Gasteiger partial charge in [-0.05, 0) is 43.7 Å². The van der Waals surface area contributed by atoms with Crippen molar-refractivity contribution < 1.29 is 0 Å². The third-order valence-electron chi connectivity index (χ3n) is 2.84. The molecule has 2 nitrogen and oxygen atoms in total. The summed E-state index contributed by atoms with van der Waals surface area (Å²) in [5.41, 5.74) is 4.26. The van der Waals surface area contributed by atoms with E-state index in [2.05, 4.69) is 18.0 Å². The lowest BCUT2D eigenvalue weighted by Crippen LogP contribution is -2.08. The maximum absolute atomic E-state index is 8.96. The van der Waals surface area contributed by atoms with E-state index in [1.54, 1.807) is 0 Å². The molecule has 1 aromatic rings. The lowest BCUT2D eigenvalue weighted by molar-refractivity contribution is 0.663. The molecule has 0 N–H and O–H groups in total. The molecule has 72 valence electrons. The molecular weight excluding hydrogens is 172 g/mol.